The van der Waals surface area contributed by atoms with Crippen LogP contribution < -0.4 is 4.74 Å². The SMILES string of the molecule is COC(=O)[C@H]1C[C@@H](O)CCN1C(=O)c1cccnc1OC. The van der Waals surface area contributed by atoms with Gasteiger partial charge in [-0.3, -0.25) is 4.79 Å². The first-order chi connectivity index (χ1) is 10.1. The molecular formula is C14H18N2O5. The van der Waals surface area contributed by atoms with Gasteiger partial charge < -0.3 is 19.5 Å². The lowest BCUT2D eigenvalue weighted by atomic mass is 9.98. The lowest BCUT2D eigenvalue weighted by Gasteiger charge is -2.36. The number of hydrogen-bond donors (Lipinski definition) is 1. The summed E-state index contributed by atoms with van der Waals surface area (Å²) in [4.78, 5) is 29.9. The average molecular weight is 294 g/mol. The predicted octanol–water partition coefficient (Wildman–Crippen LogP) is 0.229. The number of rotatable bonds is 3. The predicted molar refractivity (Wildman–Crippen MR) is 72.9 cm³/mol. The minimum atomic E-state index is -0.795. The number of pyridine rings is 1. The Kier molecular flexibility index (Phi) is 4.74. The molecule has 2 atom stereocenters. The molecule has 114 valence electrons. The molecule has 0 saturated carbocycles. The maximum atomic E-state index is 12.6. The molecule has 0 unspecified atom stereocenters. The van der Waals surface area contributed by atoms with Crippen LogP contribution >= 0.6 is 0 Å². The van der Waals surface area contributed by atoms with E-state index in [4.69, 9.17) is 9.47 Å². The summed E-state index contributed by atoms with van der Waals surface area (Å²) in [5, 5.41) is 9.71. The molecular weight excluding hydrogens is 276 g/mol. The largest absolute Gasteiger partial charge is 0.480 e. The van der Waals surface area contributed by atoms with Crippen LogP contribution in [0.4, 0.5) is 0 Å². The number of piperidine rings is 1. The van der Waals surface area contributed by atoms with E-state index >= 15 is 0 Å². The Hall–Kier alpha value is -2.15. The van der Waals surface area contributed by atoms with Crippen molar-refractivity contribution in [3.63, 3.8) is 0 Å². The van der Waals surface area contributed by atoms with Crippen molar-refractivity contribution in [2.75, 3.05) is 20.8 Å². The van der Waals surface area contributed by atoms with Gasteiger partial charge in [-0.25, -0.2) is 9.78 Å². The van der Waals surface area contributed by atoms with Crippen LogP contribution in [0, 0.1) is 0 Å². The number of carbonyl (C=O) groups excluding carboxylic acids is 2. The molecule has 1 aromatic heterocycles. The molecule has 7 nitrogen and oxygen atoms in total. The van der Waals surface area contributed by atoms with Crippen LogP contribution in [-0.4, -0.2) is 59.8 Å². The number of aliphatic hydroxyl groups excluding tert-OH is 1. The van der Waals surface area contributed by atoms with Crippen molar-refractivity contribution in [2.45, 2.75) is 25.0 Å². The fourth-order valence-corrected chi connectivity index (χ4v) is 2.42. The van der Waals surface area contributed by atoms with Gasteiger partial charge in [-0.2, -0.15) is 0 Å². The van der Waals surface area contributed by atoms with Gasteiger partial charge in [0.1, 0.15) is 11.6 Å². The first-order valence-electron chi connectivity index (χ1n) is 6.64. The number of amides is 1. The smallest absolute Gasteiger partial charge is 0.328 e. The maximum Gasteiger partial charge on any atom is 0.328 e. The quantitative estimate of drug-likeness (QED) is 0.803. The van der Waals surface area contributed by atoms with Crippen molar-refractivity contribution in [3.8, 4) is 5.88 Å². The van der Waals surface area contributed by atoms with Gasteiger partial charge in [0.15, 0.2) is 0 Å². The van der Waals surface area contributed by atoms with Gasteiger partial charge in [-0.05, 0) is 18.6 Å². The molecule has 0 aliphatic carbocycles. The summed E-state index contributed by atoms with van der Waals surface area (Å²) >= 11 is 0. The average Bonchev–Trinajstić information content (AvgIpc) is 2.53. The molecule has 1 aliphatic heterocycles. The molecule has 0 bridgehead atoms. The highest BCUT2D eigenvalue weighted by molar-refractivity contribution is 5.98. The fourth-order valence-electron chi connectivity index (χ4n) is 2.42. The number of likely N-dealkylation sites (tertiary alicyclic amines) is 1. The second-order valence-corrected chi connectivity index (χ2v) is 4.78. The Labute approximate surface area is 122 Å². The monoisotopic (exact) mass is 294 g/mol. The van der Waals surface area contributed by atoms with E-state index in [1.165, 1.54) is 25.3 Å². The Balaban J connectivity index is 2.29. The Morgan fingerprint density at radius 2 is 2.19 bits per heavy atom. The summed E-state index contributed by atoms with van der Waals surface area (Å²) in [6.07, 6.45) is 1.49. The van der Waals surface area contributed by atoms with Gasteiger partial charge >= 0.3 is 5.97 Å². The maximum absolute atomic E-state index is 12.6. The number of aromatic nitrogens is 1. The van der Waals surface area contributed by atoms with Crippen LogP contribution in [0.25, 0.3) is 0 Å². The van der Waals surface area contributed by atoms with Crippen molar-refractivity contribution >= 4 is 11.9 Å². The number of esters is 1. The van der Waals surface area contributed by atoms with Crippen molar-refractivity contribution in [1.29, 1.82) is 0 Å². The van der Waals surface area contributed by atoms with Crippen LogP contribution in [0.1, 0.15) is 23.2 Å². The van der Waals surface area contributed by atoms with Crippen molar-refractivity contribution in [1.82, 2.24) is 9.88 Å². The van der Waals surface area contributed by atoms with Crippen molar-refractivity contribution in [2.24, 2.45) is 0 Å². The highest BCUT2D eigenvalue weighted by atomic mass is 16.5. The molecule has 1 N–H and O–H groups in total. The van der Waals surface area contributed by atoms with Gasteiger partial charge in [0.25, 0.3) is 5.91 Å². The first-order valence-corrected chi connectivity index (χ1v) is 6.64. The van der Waals surface area contributed by atoms with Crippen LogP contribution in [0.5, 0.6) is 5.88 Å². The summed E-state index contributed by atoms with van der Waals surface area (Å²) < 4.78 is 9.80. The van der Waals surface area contributed by atoms with Gasteiger partial charge in [0.2, 0.25) is 5.88 Å². The van der Waals surface area contributed by atoms with Crippen LogP contribution in [0.15, 0.2) is 18.3 Å². The lowest BCUT2D eigenvalue weighted by molar-refractivity contribution is -0.148. The number of ether oxygens (including phenoxy) is 2. The van der Waals surface area contributed by atoms with E-state index < -0.39 is 18.1 Å². The highest BCUT2D eigenvalue weighted by Gasteiger charge is 2.37. The topological polar surface area (TPSA) is 89.0 Å². The highest BCUT2D eigenvalue weighted by Crippen LogP contribution is 2.24. The molecule has 1 amide bonds. The van der Waals surface area contributed by atoms with E-state index in [1.54, 1.807) is 12.1 Å². The third-order valence-electron chi connectivity index (χ3n) is 3.50. The minimum absolute atomic E-state index is 0.168. The molecule has 7 heteroatoms. The molecule has 1 saturated heterocycles. The van der Waals surface area contributed by atoms with Crippen molar-refractivity contribution in [3.05, 3.63) is 23.9 Å². The lowest BCUT2D eigenvalue weighted by Crippen LogP contribution is -2.51. The van der Waals surface area contributed by atoms with Crippen LogP contribution in [0.2, 0.25) is 0 Å². The van der Waals surface area contributed by atoms with E-state index in [0.29, 0.717) is 6.42 Å². The van der Waals surface area contributed by atoms with Gasteiger partial charge in [-0.15, -0.1) is 0 Å². The summed E-state index contributed by atoms with van der Waals surface area (Å²) in [6.45, 7) is 0.276. The second-order valence-electron chi connectivity index (χ2n) is 4.78. The molecule has 21 heavy (non-hydrogen) atoms. The second kappa shape index (κ2) is 6.53. The van der Waals surface area contributed by atoms with E-state index in [9.17, 15) is 14.7 Å². The zero-order valence-electron chi connectivity index (χ0n) is 12.0. The fraction of sp³-hybridized carbons (Fsp3) is 0.500. The van der Waals surface area contributed by atoms with Gasteiger partial charge in [0.05, 0.1) is 20.3 Å². The minimum Gasteiger partial charge on any atom is -0.480 e. The zero-order valence-corrected chi connectivity index (χ0v) is 12.0. The number of methoxy groups -OCH3 is 2. The zero-order chi connectivity index (χ0) is 15.4. The van der Waals surface area contributed by atoms with Crippen LogP contribution in [-0.2, 0) is 9.53 Å². The Bertz CT molecular complexity index is 534. The Morgan fingerprint density at radius 3 is 2.86 bits per heavy atom. The summed E-state index contributed by atoms with van der Waals surface area (Å²) in [6, 6.07) is 2.42. The van der Waals surface area contributed by atoms with Gasteiger partial charge in [0, 0.05) is 19.2 Å². The van der Waals surface area contributed by atoms with Crippen LogP contribution in [0.3, 0.4) is 0 Å². The summed E-state index contributed by atoms with van der Waals surface area (Å²) in [5.41, 5.74) is 0.283. The third-order valence-corrected chi connectivity index (χ3v) is 3.50. The third kappa shape index (κ3) is 3.13. The first kappa shape index (κ1) is 15.2. The molecule has 2 rings (SSSR count). The molecule has 0 radical (unpaired) electrons. The number of hydrogen-bond acceptors (Lipinski definition) is 6. The summed E-state index contributed by atoms with van der Waals surface area (Å²) in [5.74, 6) is -0.690. The van der Waals surface area contributed by atoms with E-state index in [1.807, 2.05) is 0 Å². The molecule has 0 aromatic carbocycles. The standard InChI is InChI=1S/C14H18N2O5/c1-20-12-10(4-3-6-15-12)13(18)16-7-5-9(17)8-11(16)14(19)21-2/h3-4,6,9,11,17H,5,7-8H2,1-2H3/t9-,11+/m0/s1. The molecule has 1 aromatic rings. The van der Waals surface area contributed by atoms with E-state index in [0.717, 1.165) is 0 Å². The number of carbonyl (C=O) groups is 2. The molecule has 2 heterocycles. The molecule has 1 fully saturated rings. The van der Waals surface area contributed by atoms with Crippen molar-refractivity contribution < 1.29 is 24.2 Å². The summed E-state index contributed by atoms with van der Waals surface area (Å²) in [7, 11) is 2.69. The van der Waals surface area contributed by atoms with Gasteiger partial charge in [-0.1, -0.05) is 0 Å². The number of nitrogens with zero attached hydrogens (tertiary/aromatic N) is 2. The number of aliphatic hydroxyl groups is 1. The normalized spacial score (nSPS) is 21.8. The Morgan fingerprint density at radius 1 is 1.43 bits per heavy atom. The van der Waals surface area contributed by atoms with E-state index in [-0.39, 0.29) is 30.3 Å². The molecule has 0 spiro atoms. The molecule has 1 aliphatic rings. The van der Waals surface area contributed by atoms with E-state index in [2.05, 4.69) is 4.98 Å².